The molecule has 1 heterocycles. The van der Waals surface area contributed by atoms with Crippen LogP contribution in [0.2, 0.25) is 0 Å². The molecule has 0 aliphatic rings. The highest BCUT2D eigenvalue weighted by Crippen LogP contribution is 2.17. The van der Waals surface area contributed by atoms with Crippen LogP contribution in [0.25, 0.3) is 10.9 Å². The number of fused-ring (bicyclic) bond motifs is 1. The van der Waals surface area contributed by atoms with Gasteiger partial charge in [-0.1, -0.05) is 48.0 Å². The molecule has 0 bridgehead atoms. The van der Waals surface area contributed by atoms with Crippen LogP contribution in [0, 0.1) is 6.92 Å². The van der Waals surface area contributed by atoms with E-state index in [0.29, 0.717) is 0 Å². The summed E-state index contributed by atoms with van der Waals surface area (Å²) in [6.45, 7) is 2.12. The summed E-state index contributed by atoms with van der Waals surface area (Å²) in [7, 11) is 0. The highest BCUT2D eigenvalue weighted by atomic mass is 14.7. The van der Waals surface area contributed by atoms with E-state index >= 15 is 0 Å². The van der Waals surface area contributed by atoms with Crippen LogP contribution < -0.4 is 0 Å². The van der Waals surface area contributed by atoms with Crippen molar-refractivity contribution in [1.82, 2.24) is 4.98 Å². The number of H-pyrrole nitrogens is 1. The van der Waals surface area contributed by atoms with Crippen LogP contribution in [0.4, 0.5) is 0 Å². The molecular weight excluding hydrogens is 206 g/mol. The van der Waals surface area contributed by atoms with Crippen molar-refractivity contribution in [3.05, 3.63) is 71.4 Å². The molecule has 0 spiro atoms. The third-order valence-corrected chi connectivity index (χ3v) is 3.10. The van der Waals surface area contributed by atoms with Gasteiger partial charge in [0.05, 0.1) is 0 Å². The molecule has 1 nitrogen and oxygen atoms in total. The van der Waals surface area contributed by atoms with Crippen LogP contribution in [0.1, 0.15) is 16.8 Å². The SMILES string of the molecule is Cc1ccc(Cc2cc3ccccc3[nH]2)cc1. The van der Waals surface area contributed by atoms with Gasteiger partial charge < -0.3 is 4.98 Å². The smallest absolute Gasteiger partial charge is 0.0456 e. The number of nitrogens with one attached hydrogen (secondary N) is 1. The Bertz CT molecular complexity index is 599. The largest absolute Gasteiger partial charge is 0.358 e. The number of aromatic amines is 1. The first-order chi connectivity index (χ1) is 8.31. The van der Waals surface area contributed by atoms with Crippen molar-refractivity contribution in [3.63, 3.8) is 0 Å². The molecule has 1 aromatic heterocycles. The minimum atomic E-state index is 0.967. The van der Waals surface area contributed by atoms with Crippen molar-refractivity contribution in [2.75, 3.05) is 0 Å². The molecule has 17 heavy (non-hydrogen) atoms. The number of aromatic nitrogens is 1. The van der Waals surface area contributed by atoms with Gasteiger partial charge in [-0.2, -0.15) is 0 Å². The number of para-hydroxylation sites is 1. The van der Waals surface area contributed by atoms with Crippen molar-refractivity contribution in [1.29, 1.82) is 0 Å². The molecule has 0 aliphatic carbocycles. The van der Waals surface area contributed by atoms with E-state index in [2.05, 4.69) is 66.5 Å². The topological polar surface area (TPSA) is 15.8 Å². The van der Waals surface area contributed by atoms with Gasteiger partial charge in [-0.25, -0.2) is 0 Å². The van der Waals surface area contributed by atoms with E-state index in [4.69, 9.17) is 0 Å². The maximum absolute atomic E-state index is 3.46. The molecule has 0 fully saturated rings. The normalized spacial score (nSPS) is 10.9. The highest BCUT2D eigenvalue weighted by Gasteiger charge is 2.01. The van der Waals surface area contributed by atoms with E-state index < -0.39 is 0 Å². The fourth-order valence-corrected chi connectivity index (χ4v) is 2.15. The second-order valence-electron chi connectivity index (χ2n) is 4.54. The zero-order valence-corrected chi connectivity index (χ0v) is 9.90. The zero-order valence-electron chi connectivity index (χ0n) is 9.90. The van der Waals surface area contributed by atoms with Gasteiger partial charge in [-0.05, 0) is 30.0 Å². The zero-order chi connectivity index (χ0) is 11.7. The van der Waals surface area contributed by atoms with Crippen LogP contribution in [-0.4, -0.2) is 4.98 Å². The van der Waals surface area contributed by atoms with Gasteiger partial charge in [0, 0.05) is 17.6 Å². The summed E-state index contributed by atoms with van der Waals surface area (Å²) in [5, 5.41) is 1.29. The lowest BCUT2D eigenvalue weighted by molar-refractivity contribution is 1.12. The first-order valence-electron chi connectivity index (χ1n) is 5.93. The Labute approximate surface area is 101 Å². The fourth-order valence-electron chi connectivity index (χ4n) is 2.15. The Morgan fingerprint density at radius 3 is 2.47 bits per heavy atom. The number of aryl methyl sites for hydroxylation is 1. The predicted octanol–water partition coefficient (Wildman–Crippen LogP) is 4.07. The molecule has 0 radical (unpaired) electrons. The van der Waals surface area contributed by atoms with Crippen LogP contribution in [0.3, 0.4) is 0 Å². The molecule has 3 aromatic rings. The Hall–Kier alpha value is -2.02. The van der Waals surface area contributed by atoms with Crippen molar-refractivity contribution < 1.29 is 0 Å². The molecule has 1 heteroatoms. The van der Waals surface area contributed by atoms with Crippen LogP contribution in [0.15, 0.2) is 54.6 Å². The molecule has 0 saturated carbocycles. The molecule has 0 unspecified atom stereocenters. The summed E-state index contributed by atoms with van der Waals surface area (Å²) in [4.78, 5) is 3.46. The van der Waals surface area contributed by atoms with Gasteiger partial charge in [0.15, 0.2) is 0 Å². The molecule has 84 valence electrons. The first kappa shape index (κ1) is 10.2. The van der Waals surface area contributed by atoms with Gasteiger partial charge >= 0.3 is 0 Å². The molecule has 0 aliphatic heterocycles. The molecule has 1 N–H and O–H groups in total. The first-order valence-corrected chi connectivity index (χ1v) is 5.93. The van der Waals surface area contributed by atoms with E-state index in [9.17, 15) is 0 Å². The molecule has 2 aromatic carbocycles. The van der Waals surface area contributed by atoms with E-state index in [1.54, 1.807) is 0 Å². The number of rotatable bonds is 2. The average molecular weight is 221 g/mol. The number of benzene rings is 2. The minimum absolute atomic E-state index is 0.967. The summed E-state index contributed by atoms with van der Waals surface area (Å²) in [6, 6.07) is 19.4. The van der Waals surface area contributed by atoms with Crippen molar-refractivity contribution >= 4 is 10.9 Å². The lowest BCUT2D eigenvalue weighted by Crippen LogP contribution is -1.87. The molecule has 0 amide bonds. The molecule has 0 atom stereocenters. The van der Waals surface area contributed by atoms with Gasteiger partial charge in [0.1, 0.15) is 0 Å². The standard InChI is InChI=1S/C16H15N/c1-12-6-8-13(9-7-12)10-15-11-14-4-2-3-5-16(14)17-15/h2-9,11,17H,10H2,1H3. The van der Waals surface area contributed by atoms with Gasteiger partial charge in [-0.3, -0.25) is 0 Å². The minimum Gasteiger partial charge on any atom is -0.358 e. The van der Waals surface area contributed by atoms with Crippen molar-refractivity contribution in [2.24, 2.45) is 0 Å². The maximum atomic E-state index is 3.46. The second-order valence-corrected chi connectivity index (χ2v) is 4.54. The number of hydrogen-bond donors (Lipinski definition) is 1. The third kappa shape index (κ3) is 2.09. The fraction of sp³-hybridized carbons (Fsp3) is 0.125. The Balaban J connectivity index is 1.92. The Morgan fingerprint density at radius 1 is 0.941 bits per heavy atom. The highest BCUT2D eigenvalue weighted by molar-refractivity contribution is 5.80. The summed E-state index contributed by atoms with van der Waals surface area (Å²) in [6.07, 6.45) is 0.967. The molecular formula is C16H15N. The summed E-state index contributed by atoms with van der Waals surface area (Å²) < 4.78 is 0. The summed E-state index contributed by atoms with van der Waals surface area (Å²) >= 11 is 0. The molecule has 0 saturated heterocycles. The van der Waals surface area contributed by atoms with Crippen molar-refractivity contribution in [3.8, 4) is 0 Å². The van der Waals surface area contributed by atoms with Crippen molar-refractivity contribution in [2.45, 2.75) is 13.3 Å². The second kappa shape index (κ2) is 4.10. The van der Waals surface area contributed by atoms with Crippen LogP contribution in [0.5, 0.6) is 0 Å². The summed E-state index contributed by atoms with van der Waals surface area (Å²) in [5.74, 6) is 0. The molecule has 3 rings (SSSR count). The van der Waals surface area contributed by atoms with Crippen LogP contribution in [-0.2, 0) is 6.42 Å². The van der Waals surface area contributed by atoms with E-state index in [-0.39, 0.29) is 0 Å². The number of hydrogen-bond acceptors (Lipinski definition) is 0. The maximum Gasteiger partial charge on any atom is 0.0456 e. The third-order valence-electron chi connectivity index (χ3n) is 3.10. The van der Waals surface area contributed by atoms with Gasteiger partial charge in [0.25, 0.3) is 0 Å². The van der Waals surface area contributed by atoms with Gasteiger partial charge in [-0.15, -0.1) is 0 Å². The van der Waals surface area contributed by atoms with Gasteiger partial charge in [0.2, 0.25) is 0 Å². The van der Waals surface area contributed by atoms with E-state index in [1.807, 2.05) is 0 Å². The van der Waals surface area contributed by atoms with E-state index in [1.165, 1.54) is 27.7 Å². The lowest BCUT2D eigenvalue weighted by Gasteiger charge is -1.99. The quantitative estimate of drug-likeness (QED) is 0.671. The predicted molar refractivity (Wildman–Crippen MR) is 72.3 cm³/mol. The lowest BCUT2D eigenvalue weighted by atomic mass is 10.1. The van der Waals surface area contributed by atoms with Crippen LogP contribution >= 0.6 is 0 Å². The Morgan fingerprint density at radius 2 is 1.71 bits per heavy atom. The monoisotopic (exact) mass is 221 g/mol. The Kier molecular flexibility index (Phi) is 2.45. The average Bonchev–Trinajstić information content (AvgIpc) is 2.74. The van der Waals surface area contributed by atoms with E-state index in [0.717, 1.165) is 6.42 Å². The summed E-state index contributed by atoms with van der Waals surface area (Å²) in [5.41, 5.74) is 5.15.